The normalized spacial score (nSPS) is 16.2. The van der Waals surface area contributed by atoms with E-state index >= 15 is 0 Å². The standard InChI is InChI=1S/C17H23N3O/c21-17(16-13-14-7-2-3-8-15(14)19-16)18-9-6-12-20-10-4-1-5-11-20/h2-3,7-8,13,19H,1,4-6,9-12H2,(H,18,21). The monoisotopic (exact) mass is 285 g/mol. The SMILES string of the molecule is O=C(NCCCN1CCCCC1)c1cc2ccccc2[nH]1. The van der Waals surface area contributed by atoms with Crippen molar-refractivity contribution in [2.24, 2.45) is 0 Å². The van der Waals surface area contributed by atoms with Crippen LogP contribution in [0.25, 0.3) is 10.9 Å². The zero-order chi connectivity index (χ0) is 14.5. The predicted octanol–water partition coefficient (Wildman–Crippen LogP) is 2.77. The lowest BCUT2D eigenvalue weighted by Gasteiger charge is -2.26. The van der Waals surface area contributed by atoms with Gasteiger partial charge in [-0.3, -0.25) is 4.79 Å². The van der Waals surface area contributed by atoms with Gasteiger partial charge in [-0.1, -0.05) is 24.6 Å². The molecule has 2 aromatic rings. The molecule has 21 heavy (non-hydrogen) atoms. The van der Waals surface area contributed by atoms with E-state index in [1.54, 1.807) is 0 Å². The highest BCUT2D eigenvalue weighted by atomic mass is 16.1. The maximum atomic E-state index is 12.1. The summed E-state index contributed by atoms with van der Waals surface area (Å²) in [5, 5.41) is 4.08. The molecule has 0 atom stereocenters. The molecule has 0 unspecified atom stereocenters. The topological polar surface area (TPSA) is 48.1 Å². The van der Waals surface area contributed by atoms with Crippen LogP contribution in [0.15, 0.2) is 30.3 Å². The van der Waals surface area contributed by atoms with E-state index in [0.29, 0.717) is 5.69 Å². The van der Waals surface area contributed by atoms with E-state index in [-0.39, 0.29) is 5.91 Å². The lowest BCUT2D eigenvalue weighted by Crippen LogP contribution is -2.33. The summed E-state index contributed by atoms with van der Waals surface area (Å²) in [5.74, 6) is -0.00940. The van der Waals surface area contributed by atoms with Crippen LogP contribution in [0.2, 0.25) is 0 Å². The number of likely N-dealkylation sites (tertiary alicyclic amines) is 1. The molecule has 3 rings (SSSR count). The van der Waals surface area contributed by atoms with E-state index in [2.05, 4.69) is 15.2 Å². The van der Waals surface area contributed by atoms with Crippen LogP contribution in [0.4, 0.5) is 0 Å². The minimum absolute atomic E-state index is 0.00940. The Hall–Kier alpha value is -1.81. The second kappa shape index (κ2) is 6.76. The van der Waals surface area contributed by atoms with Gasteiger partial charge in [0.1, 0.15) is 5.69 Å². The van der Waals surface area contributed by atoms with Gasteiger partial charge in [0.15, 0.2) is 0 Å². The number of carbonyl (C=O) groups excluding carboxylic acids is 1. The van der Waals surface area contributed by atoms with Crippen molar-refractivity contribution in [1.82, 2.24) is 15.2 Å². The Morgan fingerprint density at radius 3 is 2.81 bits per heavy atom. The van der Waals surface area contributed by atoms with Gasteiger partial charge in [-0.05, 0) is 51.0 Å². The van der Waals surface area contributed by atoms with Crippen molar-refractivity contribution in [2.45, 2.75) is 25.7 Å². The number of hydrogen-bond acceptors (Lipinski definition) is 2. The summed E-state index contributed by atoms with van der Waals surface area (Å²) in [4.78, 5) is 17.8. The Labute approximate surface area is 125 Å². The number of H-pyrrole nitrogens is 1. The highest BCUT2D eigenvalue weighted by molar-refractivity contribution is 5.97. The molecule has 1 amide bonds. The van der Waals surface area contributed by atoms with Crippen molar-refractivity contribution in [2.75, 3.05) is 26.2 Å². The van der Waals surface area contributed by atoms with Gasteiger partial charge in [-0.25, -0.2) is 0 Å². The Morgan fingerprint density at radius 2 is 2.00 bits per heavy atom. The van der Waals surface area contributed by atoms with Crippen molar-refractivity contribution in [3.8, 4) is 0 Å². The Kier molecular flexibility index (Phi) is 4.55. The van der Waals surface area contributed by atoms with Crippen LogP contribution < -0.4 is 5.32 Å². The predicted molar refractivity (Wildman–Crippen MR) is 85.5 cm³/mol. The molecular formula is C17H23N3O. The Morgan fingerprint density at radius 1 is 1.19 bits per heavy atom. The first-order chi connectivity index (χ1) is 10.3. The molecule has 1 saturated heterocycles. The number of aromatic nitrogens is 1. The second-order valence-corrected chi connectivity index (χ2v) is 5.78. The quantitative estimate of drug-likeness (QED) is 0.830. The molecule has 1 aliphatic heterocycles. The first-order valence-corrected chi connectivity index (χ1v) is 7.91. The summed E-state index contributed by atoms with van der Waals surface area (Å²) in [7, 11) is 0. The molecule has 2 N–H and O–H groups in total. The first-order valence-electron chi connectivity index (χ1n) is 7.91. The number of amides is 1. The van der Waals surface area contributed by atoms with Crippen LogP contribution in [0.3, 0.4) is 0 Å². The number of piperidine rings is 1. The van der Waals surface area contributed by atoms with Gasteiger partial charge in [0.25, 0.3) is 5.91 Å². The maximum absolute atomic E-state index is 12.1. The highest BCUT2D eigenvalue weighted by Crippen LogP contribution is 2.14. The number of rotatable bonds is 5. The van der Waals surface area contributed by atoms with Crippen LogP contribution >= 0.6 is 0 Å². The summed E-state index contributed by atoms with van der Waals surface area (Å²) < 4.78 is 0. The number of para-hydroxylation sites is 1. The average Bonchev–Trinajstić information content (AvgIpc) is 2.96. The third kappa shape index (κ3) is 3.64. The summed E-state index contributed by atoms with van der Waals surface area (Å²) in [5.41, 5.74) is 1.66. The fraction of sp³-hybridized carbons (Fsp3) is 0.471. The van der Waals surface area contributed by atoms with Gasteiger partial charge >= 0.3 is 0 Å². The molecule has 0 radical (unpaired) electrons. The molecule has 2 heterocycles. The van der Waals surface area contributed by atoms with Gasteiger partial charge in [-0.2, -0.15) is 0 Å². The Balaban J connectivity index is 1.45. The number of benzene rings is 1. The number of nitrogens with zero attached hydrogens (tertiary/aromatic N) is 1. The average molecular weight is 285 g/mol. The lowest BCUT2D eigenvalue weighted by molar-refractivity contribution is 0.0947. The molecule has 1 aromatic carbocycles. The van der Waals surface area contributed by atoms with Crippen LogP contribution in [0.1, 0.15) is 36.2 Å². The maximum Gasteiger partial charge on any atom is 0.267 e. The molecule has 1 fully saturated rings. The summed E-state index contributed by atoms with van der Waals surface area (Å²) in [6.45, 7) is 4.27. The molecule has 1 aliphatic rings. The molecule has 4 heteroatoms. The van der Waals surface area contributed by atoms with E-state index in [1.165, 1.54) is 32.4 Å². The van der Waals surface area contributed by atoms with Crippen molar-refractivity contribution >= 4 is 16.8 Å². The number of hydrogen-bond donors (Lipinski definition) is 2. The number of carbonyl (C=O) groups is 1. The van der Waals surface area contributed by atoms with Gasteiger partial charge in [0.05, 0.1) is 0 Å². The minimum Gasteiger partial charge on any atom is -0.351 e. The number of aromatic amines is 1. The van der Waals surface area contributed by atoms with Crippen molar-refractivity contribution in [3.63, 3.8) is 0 Å². The summed E-state index contributed by atoms with van der Waals surface area (Å²) >= 11 is 0. The zero-order valence-electron chi connectivity index (χ0n) is 12.4. The smallest absolute Gasteiger partial charge is 0.267 e. The third-order valence-corrected chi connectivity index (χ3v) is 4.16. The van der Waals surface area contributed by atoms with Crippen LogP contribution in [-0.4, -0.2) is 42.0 Å². The van der Waals surface area contributed by atoms with E-state index < -0.39 is 0 Å². The third-order valence-electron chi connectivity index (χ3n) is 4.16. The lowest BCUT2D eigenvalue weighted by atomic mass is 10.1. The van der Waals surface area contributed by atoms with Crippen LogP contribution in [0, 0.1) is 0 Å². The van der Waals surface area contributed by atoms with Crippen LogP contribution in [-0.2, 0) is 0 Å². The van der Waals surface area contributed by atoms with Crippen molar-refractivity contribution in [1.29, 1.82) is 0 Å². The van der Waals surface area contributed by atoms with Crippen molar-refractivity contribution in [3.05, 3.63) is 36.0 Å². The fourth-order valence-corrected chi connectivity index (χ4v) is 2.98. The highest BCUT2D eigenvalue weighted by Gasteiger charge is 2.11. The minimum atomic E-state index is -0.00940. The van der Waals surface area contributed by atoms with Crippen LogP contribution in [0.5, 0.6) is 0 Å². The molecule has 112 valence electrons. The van der Waals surface area contributed by atoms with E-state index in [1.807, 2.05) is 30.3 Å². The molecule has 1 aromatic heterocycles. The zero-order valence-corrected chi connectivity index (χ0v) is 12.4. The fourth-order valence-electron chi connectivity index (χ4n) is 2.98. The van der Waals surface area contributed by atoms with E-state index in [9.17, 15) is 4.79 Å². The largest absolute Gasteiger partial charge is 0.351 e. The summed E-state index contributed by atoms with van der Waals surface area (Å²) in [6.07, 6.45) is 5.03. The molecule has 0 bridgehead atoms. The van der Waals surface area contributed by atoms with Gasteiger partial charge < -0.3 is 15.2 Å². The van der Waals surface area contributed by atoms with Gasteiger partial charge in [0.2, 0.25) is 0 Å². The van der Waals surface area contributed by atoms with E-state index in [0.717, 1.165) is 30.4 Å². The second-order valence-electron chi connectivity index (χ2n) is 5.78. The van der Waals surface area contributed by atoms with Gasteiger partial charge in [0, 0.05) is 17.4 Å². The number of nitrogens with one attached hydrogen (secondary N) is 2. The number of fused-ring (bicyclic) bond motifs is 1. The molecule has 4 nitrogen and oxygen atoms in total. The van der Waals surface area contributed by atoms with Crippen molar-refractivity contribution < 1.29 is 4.79 Å². The molecule has 0 spiro atoms. The molecular weight excluding hydrogens is 262 g/mol. The summed E-state index contributed by atoms with van der Waals surface area (Å²) in [6, 6.07) is 9.87. The van der Waals surface area contributed by atoms with Gasteiger partial charge in [-0.15, -0.1) is 0 Å². The first kappa shape index (κ1) is 14.1. The Bertz CT molecular complexity index is 566. The molecule has 0 aliphatic carbocycles. The molecule has 0 saturated carbocycles. The van der Waals surface area contributed by atoms with E-state index in [4.69, 9.17) is 0 Å².